The average Bonchev–Trinajstić information content (AvgIpc) is 2.98. The molecular formula is C15H28N4. The maximum atomic E-state index is 4.36. The van der Waals surface area contributed by atoms with Crippen molar-refractivity contribution in [2.75, 3.05) is 32.7 Å². The SMILES string of the molecule is CCN(CC)CCN1CCCC1c1c(C)n[nH]c1C. The largest absolute Gasteiger partial charge is 0.303 e. The zero-order valence-electron chi connectivity index (χ0n) is 12.9. The Kier molecular flexibility index (Phi) is 4.99. The second-order valence-electron chi connectivity index (χ2n) is 5.57. The molecule has 1 aliphatic heterocycles. The van der Waals surface area contributed by atoms with Crippen LogP contribution in [-0.4, -0.2) is 52.7 Å². The average molecular weight is 264 g/mol. The highest BCUT2D eigenvalue weighted by molar-refractivity contribution is 5.28. The van der Waals surface area contributed by atoms with Crippen LogP contribution in [-0.2, 0) is 0 Å². The summed E-state index contributed by atoms with van der Waals surface area (Å²) in [7, 11) is 0. The van der Waals surface area contributed by atoms with Crippen LogP contribution in [0.1, 0.15) is 49.7 Å². The Hall–Kier alpha value is -0.870. The Morgan fingerprint density at radius 1 is 1.32 bits per heavy atom. The van der Waals surface area contributed by atoms with Crippen LogP contribution >= 0.6 is 0 Å². The second-order valence-corrected chi connectivity index (χ2v) is 5.57. The number of aryl methyl sites for hydroxylation is 2. The Morgan fingerprint density at radius 3 is 2.63 bits per heavy atom. The molecule has 0 spiro atoms. The lowest BCUT2D eigenvalue weighted by Crippen LogP contribution is -2.35. The van der Waals surface area contributed by atoms with E-state index in [0.29, 0.717) is 6.04 Å². The van der Waals surface area contributed by atoms with Crippen molar-refractivity contribution >= 4 is 0 Å². The molecule has 108 valence electrons. The molecular weight excluding hydrogens is 236 g/mol. The summed E-state index contributed by atoms with van der Waals surface area (Å²) in [6.45, 7) is 14.7. The molecule has 1 N–H and O–H groups in total. The molecule has 19 heavy (non-hydrogen) atoms. The van der Waals surface area contributed by atoms with Crippen LogP contribution in [0, 0.1) is 13.8 Å². The Labute approximate surface area is 117 Å². The Bertz CT molecular complexity index is 375. The van der Waals surface area contributed by atoms with Crippen molar-refractivity contribution in [1.82, 2.24) is 20.0 Å². The predicted octanol–water partition coefficient (Wildman–Crippen LogP) is 2.51. The van der Waals surface area contributed by atoms with Crippen LogP contribution in [0.4, 0.5) is 0 Å². The maximum absolute atomic E-state index is 4.36. The topological polar surface area (TPSA) is 35.2 Å². The van der Waals surface area contributed by atoms with Crippen molar-refractivity contribution in [2.24, 2.45) is 0 Å². The van der Waals surface area contributed by atoms with Gasteiger partial charge in [-0.25, -0.2) is 0 Å². The monoisotopic (exact) mass is 264 g/mol. The molecule has 1 aromatic heterocycles. The molecule has 1 saturated heterocycles. The van der Waals surface area contributed by atoms with Gasteiger partial charge in [0.1, 0.15) is 0 Å². The fourth-order valence-corrected chi connectivity index (χ4v) is 3.28. The number of likely N-dealkylation sites (tertiary alicyclic amines) is 1. The van der Waals surface area contributed by atoms with Crippen molar-refractivity contribution in [2.45, 2.75) is 46.6 Å². The molecule has 4 heteroatoms. The number of likely N-dealkylation sites (N-methyl/N-ethyl adjacent to an activating group) is 1. The lowest BCUT2D eigenvalue weighted by Gasteiger charge is -2.28. The highest BCUT2D eigenvalue weighted by Gasteiger charge is 2.29. The van der Waals surface area contributed by atoms with Gasteiger partial charge in [-0.05, 0) is 46.3 Å². The summed E-state index contributed by atoms with van der Waals surface area (Å²) in [6.07, 6.45) is 2.59. The van der Waals surface area contributed by atoms with Crippen LogP contribution in [0.5, 0.6) is 0 Å². The highest BCUT2D eigenvalue weighted by atomic mass is 15.2. The van der Waals surface area contributed by atoms with Crippen molar-refractivity contribution in [1.29, 1.82) is 0 Å². The molecule has 0 saturated carbocycles. The van der Waals surface area contributed by atoms with Gasteiger partial charge in [-0.3, -0.25) is 10.00 Å². The van der Waals surface area contributed by atoms with Gasteiger partial charge in [0.15, 0.2) is 0 Å². The molecule has 2 rings (SSSR count). The van der Waals surface area contributed by atoms with Gasteiger partial charge in [-0.1, -0.05) is 13.8 Å². The fraction of sp³-hybridized carbons (Fsp3) is 0.800. The normalized spacial score (nSPS) is 20.6. The number of aromatic nitrogens is 2. The highest BCUT2D eigenvalue weighted by Crippen LogP contribution is 2.34. The van der Waals surface area contributed by atoms with Crippen molar-refractivity contribution in [3.05, 3.63) is 17.0 Å². The van der Waals surface area contributed by atoms with Crippen molar-refractivity contribution in [3.8, 4) is 0 Å². The quantitative estimate of drug-likeness (QED) is 0.857. The first-order chi connectivity index (χ1) is 9.17. The molecule has 0 aliphatic carbocycles. The minimum absolute atomic E-state index is 0.578. The molecule has 4 nitrogen and oxygen atoms in total. The first kappa shape index (κ1) is 14.5. The fourth-order valence-electron chi connectivity index (χ4n) is 3.28. The molecule has 0 bridgehead atoms. The number of nitrogens with one attached hydrogen (secondary N) is 1. The van der Waals surface area contributed by atoms with E-state index in [1.54, 1.807) is 0 Å². The van der Waals surface area contributed by atoms with Crippen molar-refractivity contribution < 1.29 is 0 Å². The van der Waals surface area contributed by atoms with E-state index in [0.717, 1.165) is 13.1 Å². The Morgan fingerprint density at radius 2 is 2.05 bits per heavy atom. The molecule has 1 fully saturated rings. The van der Waals surface area contributed by atoms with Gasteiger partial charge in [-0.15, -0.1) is 0 Å². The minimum atomic E-state index is 0.578. The molecule has 1 aliphatic rings. The van der Waals surface area contributed by atoms with Gasteiger partial charge < -0.3 is 4.90 Å². The van der Waals surface area contributed by atoms with E-state index in [2.05, 4.69) is 47.7 Å². The molecule has 0 radical (unpaired) electrons. The third-order valence-electron chi connectivity index (χ3n) is 4.48. The molecule has 2 heterocycles. The summed E-state index contributed by atoms with van der Waals surface area (Å²) in [6, 6.07) is 0.578. The molecule has 1 unspecified atom stereocenters. The van der Waals surface area contributed by atoms with Crippen LogP contribution in [0.15, 0.2) is 0 Å². The third-order valence-corrected chi connectivity index (χ3v) is 4.48. The van der Waals surface area contributed by atoms with E-state index in [1.165, 1.54) is 49.4 Å². The van der Waals surface area contributed by atoms with Gasteiger partial charge in [0.2, 0.25) is 0 Å². The van der Waals surface area contributed by atoms with Crippen LogP contribution in [0.3, 0.4) is 0 Å². The number of nitrogens with zero attached hydrogens (tertiary/aromatic N) is 3. The van der Waals surface area contributed by atoms with Crippen LogP contribution < -0.4 is 0 Å². The van der Waals surface area contributed by atoms with E-state index in [1.807, 2.05) is 0 Å². The van der Waals surface area contributed by atoms with Gasteiger partial charge in [0, 0.05) is 30.4 Å². The van der Waals surface area contributed by atoms with Crippen LogP contribution in [0.2, 0.25) is 0 Å². The van der Waals surface area contributed by atoms with E-state index in [4.69, 9.17) is 0 Å². The second kappa shape index (κ2) is 6.53. The molecule has 1 atom stereocenters. The van der Waals surface area contributed by atoms with Gasteiger partial charge in [-0.2, -0.15) is 5.10 Å². The summed E-state index contributed by atoms with van der Waals surface area (Å²) in [5, 5.41) is 7.50. The number of hydrogen-bond acceptors (Lipinski definition) is 3. The lowest BCUT2D eigenvalue weighted by molar-refractivity contribution is 0.202. The van der Waals surface area contributed by atoms with E-state index in [9.17, 15) is 0 Å². The van der Waals surface area contributed by atoms with E-state index < -0.39 is 0 Å². The number of rotatable bonds is 6. The van der Waals surface area contributed by atoms with Gasteiger partial charge in [0.05, 0.1) is 5.69 Å². The standard InChI is InChI=1S/C15H28N4/c1-5-18(6-2)10-11-19-9-7-8-14(19)15-12(3)16-17-13(15)4/h14H,5-11H2,1-4H3,(H,16,17). The first-order valence-corrected chi connectivity index (χ1v) is 7.65. The maximum Gasteiger partial charge on any atom is 0.0641 e. The number of hydrogen-bond donors (Lipinski definition) is 1. The van der Waals surface area contributed by atoms with E-state index >= 15 is 0 Å². The summed E-state index contributed by atoms with van der Waals surface area (Å²) in [5.41, 5.74) is 3.87. The summed E-state index contributed by atoms with van der Waals surface area (Å²) >= 11 is 0. The first-order valence-electron chi connectivity index (χ1n) is 7.65. The third kappa shape index (κ3) is 3.18. The van der Waals surface area contributed by atoms with Gasteiger partial charge in [0.25, 0.3) is 0 Å². The molecule has 1 aromatic rings. The zero-order chi connectivity index (χ0) is 13.8. The lowest BCUT2D eigenvalue weighted by atomic mass is 10.0. The Balaban J connectivity index is 2.01. The van der Waals surface area contributed by atoms with Crippen LogP contribution in [0.25, 0.3) is 0 Å². The predicted molar refractivity (Wildman–Crippen MR) is 79.4 cm³/mol. The number of H-pyrrole nitrogens is 1. The number of aromatic amines is 1. The van der Waals surface area contributed by atoms with Crippen molar-refractivity contribution in [3.63, 3.8) is 0 Å². The molecule has 0 aromatic carbocycles. The smallest absolute Gasteiger partial charge is 0.0641 e. The zero-order valence-corrected chi connectivity index (χ0v) is 12.9. The van der Waals surface area contributed by atoms with E-state index in [-0.39, 0.29) is 0 Å². The molecule has 0 amide bonds. The summed E-state index contributed by atoms with van der Waals surface area (Å²) in [5.74, 6) is 0. The summed E-state index contributed by atoms with van der Waals surface area (Å²) < 4.78 is 0. The minimum Gasteiger partial charge on any atom is -0.303 e. The van der Waals surface area contributed by atoms with Gasteiger partial charge >= 0.3 is 0 Å². The summed E-state index contributed by atoms with van der Waals surface area (Å²) in [4.78, 5) is 5.15.